The fourth-order valence-corrected chi connectivity index (χ4v) is 1.54. The Morgan fingerprint density at radius 2 is 2.00 bits per heavy atom. The summed E-state index contributed by atoms with van der Waals surface area (Å²) in [4.78, 5) is 11.0. The number of hydrogen-bond acceptors (Lipinski definition) is 3. The van der Waals surface area contributed by atoms with Gasteiger partial charge >= 0.3 is 6.18 Å². The van der Waals surface area contributed by atoms with Crippen LogP contribution in [0.4, 0.5) is 18.9 Å². The summed E-state index contributed by atoms with van der Waals surface area (Å²) in [7, 11) is 0. The van der Waals surface area contributed by atoms with Crippen LogP contribution >= 0.6 is 0 Å². The molecule has 2 N–H and O–H groups in total. The van der Waals surface area contributed by atoms with Gasteiger partial charge in [0.05, 0.1) is 6.61 Å². The van der Waals surface area contributed by atoms with Crippen LogP contribution in [0, 0.1) is 0 Å². The van der Waals surface area contributed by atoms with E-state index in [0.717, 1.165) is 5.56 Å². The lowest BCUT2D eigenvalue weighted by Gasteiger charge is -2.11. The quantitative estimate of drug-likeness (QED) is 0.758. The van der Waals surface area contributed by atoms with Gasteiger partial charge in [-0.3, -0.25) is 4.79 Å². The van der Waals surface area contributed by atoms with Gasteiger partial charge in [-0.2, -0.15) is 13.2 Å². The zero-order valence-corrected chi connectivity index (χ0v) is 11.1. The van der Waals surface area contributed by atoms with Crippen LogP contribution in [-0.2, 0) is 16.1 Å². The molecular weight excluding hydrogens is 273 g/mol. The molecule has 4 nitrogen and oxygen atoms in total. The van der Waals surface area contributed by atoms with E-state index >= 15 is 0 Å². The third kappa shape index (κ3) is 7.10. The number of rotatable bonds is 7. The van der Waals surface area contributed by atoms with Crippen LogP contribution in [0.3, 0.4) is 0 Å². The summed E-state index contributed by atoms with van der Waals surface area (Å²) in [6.07, 6.45) is -4.29. The van der Waals surface area contributed by atoms with Crippen molar-refractivity contribution in [2.24, 2.45) is 0 Å². The molecule has 0 aliphatic rings. The minimum absolute atomic E-state index is 0.0260. The third-order valence-electron chi connectivity index (χ3n) is 2.33. The van der Waals surface area contributed by atoms with Crippen molar-refractivity contribution in [3.8, 4) is 0 Å². The van der Waals surface area contributed by atoms with Crippen LogP contribution in [0.15, 0.2) is 24.3 Å². The molecule has 7 heteroatoms. The highest BCUT2D eigenvalue weighted by Crippen LogP contribution is 2.15. The van der Waals surface area contributed by atoms with E-state index in [1.54, 1.807) is 12.1 Å². The molecule has 0 bridgehead atoms. The first-order chi connectivity index (χ1) is 9.38. The smallest absolute Gasteiger partial charge is 0.371 e. The van der Waals surface area contributed by atoms with E-state index in [4.69, 9.17) is 0 Å². The SMILES string of the molecule is CC(=O)Nc1ccccc1CNCCOCC(F)(F)F. The number of carbonyl (C=O) groups is 1. The van der Waals surface area contributed by atoms with Gasteiger partial charge in [0, 0.05) is 25.7 Å². The second kappa shape index (κ2) is 7.86. The highest BCUT2D eigenvalue weighted by Gasteiger charge is 2.27. The number of nitrogens with one attached hydrogen (secondary N) is 2. The van der Waals surface area contributed by atoms with Crippen molar-refractivity contribution in [2.45, 2.75) is 19.6 Å². The van der Waals surface area contributed by atoms with Gasteiger partial charge in [0.2, 0.25) is 5.91 Å². The number of hydrogen-bond donors (Lipinski definition) is 2. The molecule has 0 aliphatic heterocycles. The molecule has 0 unspecified atom stereocenters. The molecule has 0 spiro atoms. The Bertz CT molecular complexity index is 436. The molecule has 20 heavy (non-hydrogen) atoms. The number of anilines is 1. The minimum atomic E-state index is -4.29. The second-order valence-electron chi connectivity index (χ2n) is 4.18. The Labute approximate surface area is 115 Å². The Morgan fingerprint density at radius 3 is 2.65 bits per heavy atom. The van der Waals surface area contributed by atoms with Crippen molar-refractivity contribution in [2.75, 3.05) is 25.1 Å². The van der Waals surface area contributed by atoms with Gasteiger partial charge in [-0.05, 0) is 11.6 Å². The number of halogens is 3. The molecule has 0 saturated heterocycles. The van der Waals surface area contributed by atoms with E-state index in [1.165, 1.54) is 6.92 Å². The molecule has 1 amide bonds. The van der Waals surface area contributed by atoms with Crippen LogP contribution in [0.1, 0.15) is 12.5 Å². The van der Waals surface area contributed by atoms with Crippen molar-refractivity contribution >= 4 is 11.6 Å². The van der Waals surface area contributed by atoms with Crippen LogP contribution < -0.4 is 10.6 Å². The molecular formula is C13H17F3N2O2. The average molecular weight is 290 g/mol. The molecule has 0 heterocycles. The molecule has 0 aliphatic carbocycles. The molecule has 1 rings (SSSR count). The summed E-state index contributed by atoms with van der Waals surface area (Å²) < 4.78 is 39.9. The molecule has 0 atom stereocenters. The van der Waals surface area contributed by atoms with Crippen LogP contribution in [-0.4, -0.2) is 31.8 Å². The van der Waals surface area contributed by atoms with Gasteiger partial charge < -0.3 is 15.4 Å². The Balaban J connectivity index is 2.30. The van der Waals surface area contributed by atoms with Crippen molar-refractivity contribution in [3.05, 3.63) is 29.8 Å². The van der Waals surface area contributed by atoms with Crippen molar-refractivity contribution in [1.82, 2.24) is 5.32 Å². The Morgan fingerprint density at radius 1 is 1.30 bits per heavy atom. The first-order valence-electron chi connectivity index (χ1n) is 6.09. The molecule has 1 aromatic rings. The summed E-state index contributed by atoms with van der Waals surface area (Å²) in [6, 6.07) is 7.21. The predicted octanol–water partition coefficient (Wildman–Crippen LogP) is 2.31. The number of benzene rings is 1. The number of ether oxygens (including phenoxy) is 1. The summed E-state index contributed by atoms with van der Waals surface area (Å²) in [5, 5.41) is 5.64. The van der Waals surface area contributed by atoms with Gasteiger partial charge in [0.25, 0.3) is 0 Å². The summed E-state index contributed by atoms with van der Waals surface area (Å²) >= 11 is 0. The van der Waals surface area contributed by atoms with Gasteiger partial charge in [-0.25, -0.2) is 0 Å². The van der Waals surface area contributed by atoms with E-state index in [2.05, 4.69) is 15.4 Å². The van der Waals surface area contributed by atoms with E-state index < -0.39 is 12.8 Å². The molecule has 0 aromatic heterocycles. The number of alkyl halides is 3. The van der Waals surface area contributed by atoms with E-state index in [0.29, 0.717) is 18.8 Å². The van der Waals surface area contributed by atoms with Gasteiger partial charge in [0.15, 0.2) is 0 Å². The maximum absolute atomic E-state index is 11.8. The van der Waals surface area contributed by atoms with Crippen LogP contribution in [0.2, 0.25) is 0 Å². The maximum Gasteiger partial charge on any atom is 0.411 e. The van der Waals surface area contributed by atoms with Crippen LogP contribution in [0.5, 0.6) is 0 Å². The standard InChI is InChI=1S/C13H17F3N2O2/c1-10(19)18-12-5-3-2-4-11(12)8-17-6-7-20-9-13(14,15)16/h2-5,17H,6-9H2,1H3,(H,18,19). The molecule has 112 valence electrons. The van der Waals surface area contributed by atoms with Crippen molar-refractivity contribution < 1.29 is 22.7 Å². The minimum Gasteiger partial charge on any atom is -0.371 e. The zero-order chi connectivity index (χ0) is 15.0. The average Bonchev–Trinajstić information content (AvgIpc) is 2.33. The first-order valence-corrected chi connectivity index (χ1v) is 6.09. The largest absolute Gasteiger partial charge is 0.411 e. The zero-order valence-electron chi connectivity index (χ0n) is 11.1. The lowest BCUT2D eigenvalue weighted by Crippen LogP contribution is -2.24. The van der Waals surface area contributed by atoms with Crippen molar-refractivity contribution in [1.29, 1.82) is 0 Å². The van der Waals surface area contributed by atoms with Crippen molar-refractivity contribution in [3.63, 3.8) is 0 Å². The van der Waals surface area contributed by atoms with E-state index in [9.17, 15) is 18.0 Å². The van der Waals surface area contributed by atoms with Crippen LogP contribution in [0.25, 0.3) is 0 Å². The predicted molar refractivity (Wildman–Crippen MR) is 69.3 cm³/mol. The van der Waals surface area contributed by atoms with Gasteiger partial charge in [0.1, 0.15) is 6.61 Å². The summed E-state index contributed by atoms with van der Waals surface area (Å²) in [5.74, 6) is -0.175. The molecule has 0 fully saturated rings. The maximum atomic E-state index is 11.8. The van der Waals surface area contributed by atoms with Gasteiger partial charge in [-0.15, -0.1) is 0 Å². The molecule has 0 saturated carbocycles. The topological polar surface area (TPSA) is 50.4 Å². The Kier molecular flexibility index (Phi) is 6.47. The molecule has 1 aromatic carbocycles. The number of amides is 1. The second-order valence-corrected chi connectivity index (χ2v) is 4.18. The summed E-state index contributed by atoms with van der Waals surface area (Å²) in [5.41, 5.74) is 1.54. The number of carbonyl (C=O) groups excluding carboxylic acids is 1. The van der Waals surface area contributed by atoms with E-state index in [1.807, 2.05) is 12.1 Å². The third-order valence-corrected chi connectivity index (χ3v) is 2.33. The first kappa shape index (κ1) is 16.5. The highest BCUT2D eigenvalue weighted by molar-refractivity contribution is 5.89. The van der Waals surface area contributed by atoms with Gasteiger partial charge in [-0.1, -0.05) is 18.2 Å². The van der Waals surface area contributed by atoms with E-state index in [-0.39, 0.29) is 12.5 Å². The highest BCUT2D eigenvalue weighted by atomic mass is 19.4. The molecule has 0 radical (unpaired) electrons. The lowest BCUT2D eigenvalue weighted by atomic mass is 10.1. The lowest BCUT2D eigenvalue weighted by molar-refractivity contribution is -0.173. The fraction of sp³-hybridized carbons (Fsp3) is 0.462. The fourth-order valence-electron chi connectivity index (χ4n) is 1.54. The normalized spacial score (nSPS) is 11.4. The summed E-state index contributed by atoms with van der Waals surface area (Å²) in [6.45, 7) is 0.879. The number of para-hydroxylation sites is 1. The Hall–Kier alpha value is -1.60. The monoisotopic (exact) mass is 290 g/mol.